The second kappa shape index (κ2) is 18.6. The van der Waals surface area contributed by atoms with Crippen molar-refractivity contribution in [1.82, 2.24) is 9.47 Å². The van der Waals surface area contributed by atoms with E-state index in [0.29, 0.717) is 6.42 Å². The van der Waals surface area contributed by atoms with E-state index in [9.17, 15) is 9.59 Å². The van der Waals surface area contributed by atoms with Gasteiger partial charge in [-0.15, -0.1) is 0 Å². The Hall–Kier alpha value is -1.68. The Labute approximate surface area is 215 Å². The van der Waals surface area contributed by atoms with Crippen molar-refractivity contribution in [1.29, 1.82) is 0 Å². The van der Waals surface area contributed by atoms with Gasteiger partial charge in [-0.2, -0.15) is 0 Å². The fraction of sp³-hybridized carbons (Fsp3) is 0.742. The molecule has 1 fully saturated rings. The molecule has 200 valence electrons. The van der Waals surface area contributed by atoms with Crippen molar-refractivity contribution in [3.05, 3.63) is 21.8 Å². The molecule has 35 heavy (non-hydrogen) atoms. The van der Waals surface area contributed by atoms with Crippen molar-refractivity contribution in [2.45, 2.75) is 125 Å². The van der Waals surface area contributed by atoms with Crippen LogP contribution in [0.2, 0.25) is 0 Å². The molecule has 1 aromatic rings. The predicted octanol–water partition coefficient (Wildman–Crippen LogP) is 6.30. The number of ketones is 1. The van der Waals surface area contributed by atoms with Gasteiger partial charge in [0.2, 0.25) is 0 Å². The molecule has 3 heterocycles. The Morgan fingerprint density at radius 2 is 1.69 bits per heavy atom. The number of nitrogens with zero attached hydrogens (tertiary/aromatic N) is 2. The standard InChI is InChI=1S/C14H17NO.C11H23N.C4H8O.C2H6/c1-10(16)14-11-6-2-3-7-12(11)15-9-5-4-8-13(14)15;1-3-5-8-12-9-6-11(4-2)7-10-12;1-2-3-4-5;1-2/h6-7H,2-5,8-9H2,1H3;11H,3-10H2,1-2H3;4H,2-3H2,1H3;1-2H3. The number of carbonyl (C=O) groups is 2. The Kier molecular flexibility index (Phi) is 16.6. The maximum absolute atomic E-state index is 11.8. The normalized spacial score (nSPS) is 16.9. The third-order valence-corrected chi connectivity index (χ3v) is 7.22. The van der Waals surface area contributed by atoms with E-state index >= 15 is 0 Å². The van der Waals surface area contributed by atoms with Crippen LogP contribution in [0.5, 0.6) is 0 Å². The average Bonchev–Trinajstić information content (AvgIpc) is 3.25. The van der Waals surface area contributed by atoms with Gasteiger partial charge < -0.3 is 14.3 Å². The van der Waals surface area contributed by atoms with E-state index in [4.69, 9.17) is 0 Å². The Morgan fingerprint density at radius 3 is 2.23 bits per heavy atom. The molecule has 0 spiro atoms. The number of carbonyl (C=O) groups excluding carboxylic acids is 2. The first-order chi connectivity index (χ1) is 17.1. The molecular formula is C31H54N2O2. The quantitative estimate of drug-likeness (QED) is 0.335. The van der Waals surface area contributed by atoms with Crippen molar-refractivity contribution in [2.24, 2.45) is 5.92 Å². The summed E-state index contributed by atoms with van der Waals surface area (Å²) in [5, 5.41) is 2.53. The largest absolute Gasteiger partial charge is 0.344 e. The summed E-state index contributed by atoms with van der Waals surface area (Å²) in [6, 6.07) is 0. The molecule has 0 atom stereocenters. The second-order valence-electron chi connectivity index (χ2n) is 9.77. The summed E-state index contributed by atoms with van der Waals surface area (Å²) in [4.78, 5) is 23.8. The number of hydrogen-bond acceptors (Lipinski definition) is 3. The highest BCUT2D eigenvalue weighted by Crippen LogP contribution is 2.20. The fourth-order valence-corrected chi connectivity index (χ4v) is 5.17. The first-order valence-corrected chi connectivity index (χ1v) is 14.7. The maximum Gasteiger partial charge on any atom is 0.162 e. The van der Waals surface area contributed by atoms with Gasteiger partial charge in [-0.25, -0.2) is 0 Å². The van der Waals surface area contributed by atoms with Crippen molar-refractivity contribution < 1.29 is 9.59 Å². The summed E-state index contributed by atoms with van der Waals surface area (Å²) in [6.07, 6.45) is 19.9. The highest BCUT2D eigenvalue weighted by molar-refractivity contribution is 5.96. The first-order valence-electron chi connectivity index (χ1n) is 14.7. The minimum absolute atomic E-state index is 0.235. The van der Waals surface area contributed by atoms with Crippen LogP contribution in [0.25, 0.3) is 12.2 Å². The molecule has 3 aliphatic rings. The molecule has 1 saturated heterocycles. The molecule has 0 unspecified atom stereocenters. The summed E-state index contributed by atoms with van der Waals surface area (Å²) in [5.74, 6) is 1.27. The zero-order chi connectivity index (χ0) is 26.1. The maximum atomic E-state index is 11.8. The van der Waals surface area contributed by atoms with E-state index in [1.807, 2.05) is 20.8 Å². The van der Waals surface area contributed by atoms with Crippen LogP contribution in [0.4, 0.5) is 0 Å². The number of unbranched alkanes of at least 4 members (excludes halogenated alkanes) is 2. The molecular weight excluding hydrogens is 432 g/mol. The summed E-state index contributed by atoms with van der Waals surface area (Å²) in [5.41, 5.74) is 2.30. The highest BCUT2D eigenvalue weighted by Gasteiger charge is 2.21. The first kappa shape index (κ1) is 31.4. The molecule has 1 aromatic heterocycles. The fourth-order valence-electron chi connectivity index (χ4n) is 5.17. The number of piperidine rings is 1. The average molecular weight is 487 g/mol. The van der Waals surface area contributed by atoms with Gasteiger partial charge >= 0.3 is 0 Å². The minimum Gasteiger partial charge on any atom is -0.344 e. The van der Waals surface area contributed by atoms with Crippen molar-refractivity contribution in [2.75, 3.05) is 19.6 Å². The lowest BCUT2D eigenvalue weighted by molar-refractivity contribution is -0.107. The Morgan fingerprint density at radius 1 is 1.00 bits per heavy atom. The van der Waals surface area contributed by atoms with E-state index in [-0.39, 0.29) is 5.78 Å². The van der Waals surface area contributed by atoms with Crippen molar-refractivity contribution >= 4 is 24.2 Å². The summed E-state index contributed by atoms with van der Waals surface area (Å²) >= 11 is 0. The number of likely N-dealkylation sites (tertiary alicyclic amines) is 1. The molecule has 0 radical (unpaired) electrons. The summed E-state index contributed by atoms with van der Waals surface area (Å²) in [6.45, 7) is 17.4. The van der Waals surface area contributed by atoms with E-state index < -0.39 is 0 Å². The van der Waals surface area contributed by atoms with Gasteiger partial charge in [0.05, 0.1) is 0 Å². The van der Waals surface area contributed by atoms with Crippen LogP contribution in [0, 0.1) is 5.92 Å². The molecule has 0 N–H and O–H groups in total. The molecule has 2 aliphatic heterocycles. The summed E-state index contributed by atoms with van der Waals surface area (Å²) < 4.78 is 2.38. The van der Waals surface area contributed by atoms with Crippen LogP contribution in [0.3, 0.4) is 0 Å². The number of Topliss-reactive ketones (excluding diaryl/α,β-unsaturated/α-hetero) is 1. The minimum atomic E-state index is 0.235. The topological polar surface area (TPSA) is 42.3 Å². The zero-order valence-corrected chi connectivity index (χ0v) is 23.8. The number of fused-ring (bicyclic) bond motifs is 3. The van der Waals surface area contributed by atoms with Gasteiger partial charge in [-0.05, 0) is 90.3 Å². The van der Waals surface area contributed by atoms with Gasteiger partial charge in [0.1, 0.15) is 6.29 Å². The lowest BCUT2D eigenvalue weighted by atomic mass is 9.94. The number of aldehydes is 1. The lowest BCUT2D eigenvalue weighted by Crippen LogP contribution is -2.34. The third kappa shape index (κ3) is 10.1. The SMILES string of the molecule is CC.CC(=O)c1c2n(c3c1=CCCC=3)CCCC2.CCCC=O.CCCCN1CCC(CC)CC1. The van der Waals surface area contributed by atoms with Gasteiger partial charge in [0.25, 0.3) is 0 Å². The monoisotopic (exact) mass is 486 g/mol. The van der Waals surface area contributed by atoms with E-state index in [1.165, 1.54) is 80.8 Å². The molecule has 0 aromatic carbocycles. The molecule has 4 rings (SSSR count). The van der Waals surface area contributed by atoms with Crippen LogP contribution in [0.1, 0.15) is 128 Å². The number of rotatable bonds is 7. The molecule has 4 nitrogen and oxygen atoms in total. The van der Waals surface area contributed by atoms with E-state index in [0.717, 1.165) is 50.0 Å². The van der Waals surface area contributed by atoms with Crippen LogP contribution in [0.15, 0.2) is 0 Å². The van der Waals surface area contributed by atoms with Crippen LogP contribution >= 0.6 is 0 Å². The van der Waals surface area contributed by atoms with Gasteiger partial charge in [0, 0.05) is 34.8 Å². The smallest absolute Gasteiger partial charge is 0.162 e. The second-order valence-corrected chi connectivity index (χ2v) is 9.77. The molecule has 4 heteroatoms. The molecule has 0 amide bonds. The van der Waals surface area contributed by atoms with Crippen molar-refractivity contribution in [3.63, 3.8) is 0 Å². The van der Waals surface area contributed by atoms with Gasteiger partial charge in [0.15, 0.2) is 5.78 Å². The molecule has 0 bridgehead atoms. The van der Waals surface area contributed by atoms with Crippen LogP contribution in [-0.4, -0.2) is 41.2 Å². The Balaban J connectivity index is 0.000000286. The zero-order valence-electron chi connectivity index (χ0n) is 23.8. The van der Waals surface area contributed by atoms with Crippen molar-refractivity contribution in [3.8, 4) is 0 Å². The van der Waals surface area contributed by atoms with Crippen LogP contribution in [-0.2, 0) is 17.8 Å². The van der Waals surface area contributed by atoms with Gasteiger partial charge in [-0.1, -0.05) is 59.6 Å². The summed E-state index contributed by atoms with van der Waals surface area (Å²) in [7, 11) is 0. The molecule has 0 saturated carbocycles. The highest BCUT2D eigenvalue weighted by atomic mass is 16.1. The lowest BCUT2D eigenvalue weighted by Gasteiger charge is -2.31. The Bertz CT molecular complexity index is 844. The number of hydrogen-bond donors (Lipinski definition) is 0. The third-order valence-electron chi connectivity index (χ3n) is 7.22. The van der Waals surface area contributed by atoms with Gasteiger partial charge in [-0.3, -0.25) is 4.79 Å². The molecule has 1 aliphatic carbocycles. The van der Waals surface area contributed by atoms with E-state index in [2.05, 4.69) is 35.5 Å². The number of aromatic nitrogens is 1. The predicted molar refractivity (Wildman–Crippen MR) is 151 cm³/mol. The van der Waals surface area contributed by atoms with Crippen LogP contribution < -0.4 is 10.6 Å². The van der Waals surface area contributed by atoms with E-state index in [1.54, 1.807) is 6.92 Å².